The Labute approximate surface area is 110 Å². The lowest BCUT2D eigenvalue weighted by Gasteiger charge is -2.19. The summed E-state index contributed by atoms with van der Waals surface area (Å²) in [5.74, 6) is 0. The van der Waals surface area contributed by atoms with Crippen molar-refractivity contribution in [2.45, 2.75) is 6.54 Å². The molecule has 0 aliphatic rings. The Hall–Kier alpha value is -2.63. The molecule has 0 bridgehead atoms. The predicted molar refractivity (Wildman–Crippen MR) is 73.9 cm³/mol. The summed E-state index contributed by atoms with van der Waals surface area (Å²) in [6.45, 7) is 0.628. The molecule has 2 rings (SSSR count). The van der Waals surface area contributed by atoms with Gasteiger partial charge in [0.25, 0.3) is 5.69 Å². The van der Waals surface area contributed by atoms with Crippen molar-refractivity contribution in [1.82, 2.24) is 4.98 Å². The highest BCUT2D eigenvalue weighted by Crippen LogP contribution is 2.25. The van der Waals surface area contributed by atoms with E-state index in [1.807, 2.05) is 24.1 Å². The van der Waals surface area contributed by atoms with E-state index in [4.69, 9.17) is 5.73 Å². The number of pyridine rings is 1. The van der Waals surface area contributed by atoms with Crippen molar-refractivity contribution in [2.24, 2.45) is 0 Å². The molecule has 0 aliphatic heterocycles. The van der Waals surface area contributed by atoms with E-state index in [0.29, 0.717) is 17.9 Å². The minimum atomic E-state index is -0.444. The van der Waals surface area contributed by atoms with Crippen molar-refractivity contribution in [2.75, 3.05) is 17.7 Å². The van der Waals surface area contributed by atoms with Crippen LogP contribution in [0, 0.1) is 10.1 Å². The van der Waals surface area contributed by atoms with Crippen LogP contribution < -0.4 is 10.6 Å². The molecule has 1 heterocycles. The Balaban J connectivity index is 2.24. The number of benzene rings is 1. The van der Waals surface area contributed by atoms with Crippen molar-refractivity contribution >= 4 is 17.1 Å². The van der Waals surface area contributed by atoms with Gasteiger partial charge in [-0.15, -0.1) is 0 Å². The predicted octanol–water partition coefficient (Wildman–Crippen LogP) is 2.21. The summed E-state index contributed by atoms with van der Waals surface area (Å²) in [7, 11) is 1.86. The Morgan fingerprint density at radius 3 is 2.63 bits per heavy atom. The van der Waals surface area contributed by atoms with Crippen molar-refractivity contribution < 1.29 is 4.92 Å². The number of nitro groups is 1. The maximum absolute atomic E-state index is 10.8. The molecule has 2 aromatic rings. The summed E-state index contributed by atoms with van der Waals surface area (Å²) in [5, 5.41) is 10.8. The summed E-state index contributed by atoms with van der Waals surface area (Å²) in [6.07, 6.45) is 3.43. The number of anilines is 2. The Bertz CT molecular complexity index is 586. The highest BCUT2D eigenvalue weighted by atomic mass is 16.6. The van der Waals surface area contributed by atoms with Crippen LogP contribution in [0.5, 0.6) is 0 Å². The van der Waals surface area contributed by atoms with Gasteiger partial charge in [0, 0.05) is 49.5 Å². The molecule has 0 saturated heterocycles. The first-order valence-electron chi connectivity index (χ1n) is 5.71. The lowest BCUT2D eigenvalue weighted by molar-refractivity contribution is -0.384. The molecule has 0 spiro atoms. The molecule has 0 fully saturated rings. The quantitative estimate of drug-likeness (QED) is 0.516. The second-order valence-corrected chi connectivity index (χ2v) is 4.25. The van der Waals surface area contributed by atoms with Crippen molar-refractivity contribution in [1.29, 1.82) is 0 Å². The molecule has 0 amide bonds. The van der Waals surface area contributed by atoms with Crippen molar-refractivity contribution in [3.05, 3.63) is 58.4 Å². The van der Waals surface area contributed by atoms with Gasteiger partial charge in [0.05, 0.1) is 4.92 Å². The van der Waals surface area contributed by atoms with Crippen LogP contribution in [-0.4, -0.2) is 17.0 Å². The maximum Gasteiger partial charge on any atom is 0.273 e. The van der Waals surface area contributed by atoms with E-state index in [0.717, 1.165) is 5.56 Å². The fraction of sp³-hybridized carbons (Fsp3) is 0.154. The number of nitro benzene ring substituents is 1. The summed E-state index contributed by atoms with van der Waals surface area (Å²) in [4.78, 5) is 16.2. The lowest BCUT2D eigenvalue weighted by atomic mass is 10.2. The van der Waals surface area contributed by atoms with E-state index in [9.17, 15) is 10.1 Å². The van der Waals surface area contributed by atoms with E-state index in [-0.39, 0.29) is 5.69 Å². The fourth-order valence-corrected chi connectivity index (χ4v) is 1.80. The van der Waals surface area contributed by atoms with Crippen molar-refractivity contribution in [3.63, 3.8) is 0 Å². The van der Waals surface area contributed by atoms with E-state index in [2.05, 4.69) is 4.98 Å². The van der Waals surface area contributed by atoms with Crippen LogP contribution in [0.4, 0.5) is 17.1 Å². The Kier molecular flexibility index (Phi) is 3.61. The van der Waals surface area contributed by atoms with Gasteiger partial charge < -0.3 is 10.6 Å². The topological polar surface area (TPSA) is 85.3 Å². The zero-order chi connectivity index (χ0) is 13.8. The fourth-order valence-electron chi connectivity index (χ4n) is 1.80. The molecule has 0 unspecified atom stereocenters. The van der Waals surface area contributed by atoms with Crippen LogP contribution in [0.1, 0.15) is 5.56 Å². The number of hydrogen-bond donors (Lipinski definition) is 1. The van der Waals surface area contributed by atoms with Gasteiger partial charge in [-0.1, -0.05) is 0 Å². The summed E-state index contributed by atoms with van der Waals surface area (Å²) >= 11 is 0. The van der Waals surface area contributed by atoms with E-state index >= 15 is 0 Å². The molecule has 0 radical (unpaired) electrons. The lowest BCUT2D eigenvalue weighted by Crippen LogP contribution is -2.16. The molecule has 1 aromatic heterocycles. The Morgan fingerprint density at radius 2 is 2.00 bits per heavy atom. The molecule has 98 valence electrons. The maximum atomic E-state index is 10.8. The third kappa shape index (κ3) is 3.19. The molecule has 19 heavy (non-hydrogen) atoms. The zero-order valence-corrected chi connectivity index (χ0v) is 10.5. The van der Waals surface area contributed by atoms with Gasteiger partial charge in [0.2, 0.25) is 0 Å². The van der Waals surface area contributed by atoms with Crippen LogP contribution in [-0.2, 0) is 6.54 Å². The van der Waals surface area contributed by atoms with Gasteiger partial charge in [-0.25, -0.2) is 0 Å². The van der Waals surface area contributed by atoms with E-state index in [1.165, 1.54) is 12.1 Å². The van der Waals surface area contributed by atoms with Gasteiger partial charge in [-0.05, 0) is 23.8 Å². The molecule has 6 nitrogen and oxygen atoms in total. The third-order valence-electron chi connectivity index (χ3n) is 2.75. The number of nitrogens with two attached hydrogens (primary N) is 1. The van der Waals surface area contributed by atoms with Crippen LogP contribution in [0.3, 0.4) is 0 Å². The monoisotopic (exact) mass is 258 g/mol. The second-order valence-electron chi connectivity index (χ2n) is 4.25. The van der Waals surface area contributed by atoms with Gasteiger partial charge in [0.15, 0.2) is 0 Å². The average Bonchev–Trinajstić information content (AvgIpc) is 2.39. The largest absolute Gasteiger partial charge is 0.398 e. The average molecular weight is 258 g/mol. The Morgan fingerprint density at radius 1 is 1.32 bits per heavy atom. The van der Waals surface area contributed by atoms with Crippen LogP contribution in [0.2, 0.25) is 0 Å². The molecule has 1 aromatic carbocycles. The molecule has 2 N–H and O–H groups in total. The van der Waals surface area contributed by atoms with Crippen LogP contribution >= 0.6 is 0 Å². The molecule has 0 aliphatic carbocycles. The molecule has 0 atom stereocenters. The molecule has 6 heteroatoms. The number of rotatable bonds is 4. The minimum Gasteiger partial charge on any atom is -0.398 e. The van der Waals surface area contributed by atoms with Crippen molar-refractivity contribution in [3.8, 4) is 0 Å². The van der Waals surface area contributed by atoms with Crippen LogP contribution in [0.15, 0.2) is 42.7 Å². The van der Waals surface area contributed by atoms with Gasteiger partial charge in [-0.3, -0.25) is 15.1 Å². The first-order valence-corrected chi connectivity index (χ1v) is 5.71. The number of aromatic nitrogens is 1. The smallest absolute Gasteiger partial charge is 0.273 e. The zero-order valence-electron chi connectivity index (χ0n) is 10.5. The van der Waals surface area contributed by atoms with E-state index in [1.54, 1.807) is 18.5 Å². The number of nitrogens with zero attached hydrogens (tertiary/aromatic N) is 3. The highest BCUT2D eigenvalue weighted by molar-refractivity contribution is 5.62. The third-order valence-corrected chi connectivity index (χ3v) is 2.75. The van der Waals surface area contributed by atoms with Gasteiger partial charge >= 0.3 is 0 Å². The minimum absolute atomic E-state index is 0.00317. The summed E-state index contributed by atoms with van der Waals surface area (Å²) in [6, 6.07) is 8.38. The van der Waals surface area contributed by atoms with Gasteiger partial charge in [-0.2, -0.15) is 0 Å². The molecular formula is C13H14N4O2. The number of hydrogen-bond acceptors (Lipinski definition) is 5. The first kappa shape index (κ1) is 12.8. The second kappa shape index (κ2) is 5.34. The van der Waals surface area contributed by atoms with Crippen LogP contribution in [0.25, 0.3) is 0 Å². The first-order chi connectivity index (χ1) is 9.06. The molecule has 0 saturated carbocycles. The SMILES string of the molecule is CN(Cc1ccncc1)c1cc(N)cc([N+](=O)[O-])c1. The van der Waals surface area contributed by atoms with Gasteiger partial charge in [0.1, 0.15) is 0 Å². The summed E-state index contributed by atoms with van der Waals surface area (Å²) < 4.78 is 0. The number of nitrogen functional groups attached to an aromatic ring is 1. The normalized spacial score (nSPS) is 10.2. The standard InChI is InChI=1S/C13H14N4O2/c1-16(9-10-2-4-15-5-3-10)12-6-11(14)7-13(8-12)17(18)19/h2-8H,9,14H2,1H3. The van der Waals surface area contributed by atoms with E-state index < -0.39 is 4.92 Å². The summed E-state index contributed by atoms with van der Waals surface area (Å²) in [5.41, 5.74) is 7.85. The molecular weight excluding hydrogens is 244 g/mol. The number of non-ortho nitro benzene ring substituents is 1. The highest BCUT2D eigenvalue weighted by Gasteiger charge is 2.11.